The molecule has 1 aromatic heterocycles. The van der Waals surface area contributed by atoms with Crippen molar-refractivity contribution in [1.82, 2.24) is 9.88 Å². The normalized spacial score (nSPS) is 13.1. The molecule has 1 saturated heterocycles. The van der Waals surface area contributed by atoms with Crippen LogP contribution in [0, 0.1) is 23.7 Å². The van der Waals surface area contributed by atoms with Crippen LogP contribution in [0.4, 0.5) is 11.5 Å². The van der Waals surface area contributed by atoms with Gasteiger partial charge in [-0.1, -0.05) is 29.7 Å². The number of piperidine rings is 1. The molecule has 1 aliphatic heterocycles. The third kappa shape index (κ3) is 6.83. The Balaban J connectivity index is 1.51. The highest BCUT2D eigenvalue weighted by Crippen LogP contribution is 2.32. The Morgan fingerprint density at radius 3 is 2.29 bits per heavy atom. The molecular weight excluding hydrogens is 546 g/mol. The summed E-state index contributed by atoms with van der Waals surface area (Å²) in [6.45, 7) is 1.12. The Kier molecular flexibility index (Phi) is 9.22. The maximum atomic E-state index is 13.2. The highest BCUT2D eigenvalue weighted by Gasteiger charge is 2.27. The van der Waals surface area contributed by atoms with Crippen LogP contribution in [0.2, 0.25) is 5.02 Å². The predicted octanol–water partition coefficient (Wildman–Crippen LogP) is 4.44. The summed E-state index contributed by atoms with van der Waals surface area (Å²) in [5, 5.41) is 14.4. The van der Waals surface area contributed by atoms with E-state index in [1.54, 1.807) is 42.5 Å². The van der Waals surface area contributed by atoms with Crippen molar-refractivity contribution in [3.05, 3.63) is 82.0 Å². The summed E-state index contributed by atoms with van der Waals surface area (Å²) in [5.74, 6) is 1.82. The molecule has 2 heterocycles. The highest BCUT2D eigenvalue weighted by atomic mass is 35.5. The number of hydrogen-bond donors (Lipinski definition) is 3. The molecule has 0 bridgehead atoms. The summed E-state index contributed by atoms with van der Waals surface area (Å²) in [5.41, 5.74) is 1.53. The Morgan fingerprint density at radius 2 is 1.71 bits per heavy atom. The first-order chi connectivity index (χ1) is 19.7. The van der Waals surface area contributed by atoms with Gasteiger partial charge in [-0.3, -0.25) is 19.8 Å². The molecule has 10 nitrogen and oxygen atoms in total. The van der Waals surface area contributed by atoms with Crippen LogP contribution in [-0.2, 0) is 9.53 Å². The summed E-state index contributed by atoms with van der Waals surface area (Å²) in [6, 6.07) is 12.7. The number of anilines is 2. The molecule has 2 amide bonds. The third-order valence-corrected chi connectivity index (χ3v) is 6.93. The third-order valence-electron chi connectivity index (χ3n) is 6.71. The topological polar surface area (TPSA) is 134 Å². The smallest absolute Gasteiger partial charge is 0.308 e. The lowest BCUT2D eigenvalue weighted by molar-refractivity contribution is -0.146. The largest absolute Gasteiger partial charge is 0.495 e. The number of esters is 1. The first kappa shape index (κ1) is 29.1. The molecule has 4 rings (SSSR count). The number of nitrogens with one attached hydrogen (secondary N) is 3. The predicted molar refractivity (Wildman–Crippen MR) is 156 cm³/mol. The number of terminal acetylenes is 1. The molecule has 0 saturated carbocycles. The number of likely N-dealkylation sites (tertiary alicyclic amines) is 1. The summed E-state index contributed by atoms with van der Waals surface area (Å²) in [6.07, 6.45) is 8.20. The van der Waals surface area contributed by atoms with Crippen LogP contribution in [0.1, 0.15) is 44.7 Å². The zero-order valence-electron chi connectivity index (χ0n) is 22.5. The minimum atomic E-state index is -0.565. The van der Waals surface area contributed by atoms with Crippen molar-refractivity contribution in [2.24, 2.45) is 5.92 Å². The lowest BCUT2D eigenvalue weighted by Gasteiger charge is -2.32. The zero-order chi connectivity index (χ0) is 29.5. The lowest BCUT2D eigenvalue weighted by Crippen LogP contribution is -2.40. The number of rotatable bonds is 7. The minimum absolute atomic E-state index is 0.0798. The first-order valence-electron chi connectivity index (χ1n) is 12.7. The monoisotopic (exact) mass is 573 g/mol. The van der Waals surface area contributed by atoms with Gasteiger partial charge in [0.2, 0.25) is 0 Å². The van der Waals surface area contributed by atoms with Gasteiger partial charge in [-0.25, -0.2) is 4.98 Å². The Labute approximate surface area is 242 Å². The van der Waals surface area contributed by atoms with E-state index < -0.39 is 11.8 Å². The van der Waals surface area contributed by atoms with Gasteiger partial charge >= 0.3 is 5.97 Å². The summed E-state index contributed by atoms with van der Waals surface area (Å²) < 4.78 is 10.3. The van der Waals surface area contributed by atoms with Crippen molar-refractivity contribution in [3.63, 3.8) is 0 Å². The van der Waals surface area contributed by atoms with Gasteiger partial charge in [-0.05, 0) is 49.2 Å². The first-order valence-corrected chi connectivity index (χ1v) is 13.1. The molecule has 0 spiro atoms. The molecule has 210 valence electrons. The maximum Gasteiger partial charge on any atom is 0.308 e. The van der Waals surface area contributed by atoms with Crippen molar-refractivity contribution in [2.45, 2.75) is 12.8 Å². The molecule has 1 fully saturated rings. The van der Waals surface area contributed by atoms with Crippen LogP contribution in [0.15, 0.2) is 54.7 Å². The number of methoxy groups -OCH3 is 2. The van der Waals surface area contributed by atoms with Crippen LogP contribution in [0.5, 0.6) is 5.75 Å². The van der Waals surface area contributed by atoms with Gasteiger partial charge in [0.1, 0.15) is 17.4 Å². The van der Waals surface area contributed by atoms with E-state index in [1.807, 2.05) is 4.90 Å². The van der Waals surface area contributed by atoms with Gasteiger partial charge in [0.05, 0.1) is 36.4 Å². The van der Waals surface area contributed by atoms with Crippen LogP contribution >= 0.6 is 11.6 Å². The zero-order valence-corrected chi connectivity index (χ0v) is 23.2. The average Bonchev–Trinajstić information content (AvgIpc) is 3.01. The fraction of sp³-hybridized carbons (Fsp3) is 0.233. The SMILES string of the molecule is C#Cc1cc(OC)c(NC(=O)c2ccc(C(=N)N3CCC(C(=O)OC)CC3)cc2)c(C(=O)Nc2ccc(Cl)cn2)c1. The number of carbonyl (C=O) groups is 3. The number of halogens is 1. The van der Waals surface area contributed by atoms with E-state index in [-0.39, 0.29) is 34.7 Å². The lowest BCUT2D eigenvalue weighted by atomic mass is 9.96. The molecule has 3 aromatic rings. The van der Waals surface area contributed by atoms with E-state index in [0.29, 0.717) is 53.5 Å². The molecule has 0 radical (unpaired) electrons. The second-order valence-corrected chi connectivity index (χ2v) is 9.66. The molecule has 0 atom stereocenters. The number of hydrogen-bond acceptors (Lipinski definition) is 7. The molecule has 41 heavy (non-hydrogen) atoms. The number of benzene rings is 2. The van der Waals surface area contributed by atoms with Gasteiger partial charge in [-0.15, -0.1) is 6.42 Å². The standard InChI is InChI=1S/C30H28ClN5O5/c1-4-18-15-23(29(38)34-25-10-9-22(31)17-33-25)26(24(16-18)40-2)35-28(37)20-7-5-19(6-8-20)27(32)36-13-11-21(12-14-36)30(39)41-3/h1,5-10,15-17,21,32H,11-14H2,2-3H3,(H,35,37)(H,33,34,38). The fourth-order valence-electron chi connectivity index (χ4n) is 4.45. The molecule has 1 aliphatic rings. The van der Waals surface area contributed by atoms with Crippen molar-refractivity contribution in [2.75, 3.05) is 37.9 Å². The van der Waals surface area contributed by atoms with Crippen LogP contribution in [0.25, 0.3) is 0 Å². The van der Waals surface area contributed by atoms with Crippen LogP contribution < -0.4 is 15.4 Å². The van der Waals surface area contributed by atoms with E-state index >= 15 is 0 Å². The second-order valence-electron chi connectivity index (χ2n) is 9.23. The van der Waals surface area contributed by atoms with E-state index in [9.17, 15) is 14.4 Å². The van der Waals surface area contributed by atoms with Gasteiger partial charge in [-0.2, -0.15) is 0 Å². The van der Waals surface area contributed by atoms with Crippen molar-refractivity contribution < 1.29 is 23.9 Å². The van der Waals surface area contributed by atoms with Crippen LogP contribution in [0.3, 0.4) is 0 Å². The van der Waals surface area contributed by atoms with E-state index in [4.69, 9.17) is 32.9 Å². The Morgan fingerprint density at radius 1 is 1.02 bits per heavy atom. The number of nitrogens with zero attached hydrogens (tertiary/aromatic N) is 2. The van der Waals surface area contributed by atoms with Gasteiger partial charge in [0.25, 0.3) is 11.8 Å². The molecule has 11 heteroatoms. The van der Waals surface area contributed by atoms with Crippen LogP contribution in [-0.4, -0.2) is 60.8 Å². The van der Waals surface area contributed by atoms with E-state index in [1.165, 1.54) is 26.5 Å². The molecule has 2 aromatic carbocycles. The summed E-state index contributed by atoms with van der Waals surface area (Å²) in [7, 11) is 2.79. The number of ether oxygens (including phenoxy) is 2. The number of amidine groups is 1. The molecular formula is C30H28ClN5O5. The van der Waals surface area contributed by atoms with Crippen molar-refractivity contribution >= 4 is 46.7 Å². The van der Waals surface area contributed by atoms with Gasteiger partial charge < -0.3 is 25.0 Å². The second kappa shape index (κ2) is 13.0. The fourth-order valence-corrected chi connectivity index (χ4v) is 4.57. The number of amides is 2. The quantitative estimate of drug-likeness (QED) is 0.165. The van der Waals surface area contributed by atoms with E-state index in [2.05, 4.69) is 21.5 Å². The van der Waals surface area contributed by atoms with E-state index in [0.717, 1.165) is 0 Å². The van der Waals surface area contributed by atoms with Crippen molar-refractivity contribution in [1.29, 1.82) is 5.41 Å². The molecule has 0 unspecified atom stereocenters. The van der Waals surface area contributed by atoms with Gasteiger partial charge in [0, 0.05) is 36.0 Å². The summed E-state index contributed by atoms with van der Waals surface area (Å²) >= 11 is 5.88. The Hall–Kier alpha value is -4.88. The summed E-state index contributed by atoms with van der Waals surface area (Å²) in [4.78, 5) is 44.2. The highest BCUT2D eigenvalue weighted by molar-refractivity contribution is 6.30. The minimum Gasteiger partial charge on any atom is -0.495 e. The van der Waals surface area contributed by atoms with Crippen molar-refractivity contribution in [3.8, 4) is 18.1 Å². The molecule has 0 aliphatic carbocycles. The Bertz CT molecular complexity index is 1510. The average molecular weight is 574 g/mol. The number of carbonyl (C=O) groups excluding carboxylic acids is 3. The van der Waals surface area contributed by atoms with Gasteiger partial charge in [0.15, 0.2) is 0 Å². The molecule has 3 N–H and O–H groups in total. The number of aromatic nitrogens is 1. The number of pyridine rings is 1. The maximum absolute atomic E-state index is 13.2.